The van der Waals surface area contributed by atoms with Gasteiger partial charge in [-0.25, -0.2) is 4.79 Å². The van der Waals surface area contributed by atoms with Crippen LogP contribution >= 0.6 is 0 Å². The van der Waals surface area contributed by atoms with Crippen molar-refractivity contribution in [1.82, 2.24) is 9.80 Å². The number of amides is 1. The van der Waals surface area contributed by atoms with E-state index in [2.05, 4.69) is 102 Å². The highest BCUT2D eigenvalue weighted by atomic mass is 16.4. The van der Waals surface area contributed by atoms with Gasteiger partial charge in [0.25, 0.3) is 0 Å². The van der Waals surface area contributed by atoms with Crippen molar-refractivity contribution in [2.24, 2.45) is 0 Å². The number of likely N-dealkylation sites (tertiary alicyclic amines) is 1. The molecule has 4 rings (SSSR count). The van der Waals surface area contributed by atoms with Gasteiger partial charge in [0.1, 0.15) is 0 Å². The first-order valence-corrected chi connectivity index (χ1v) is 12.7. The van der Waals surface area contributed by atoms with Crippen LogP contribution in [0, 0.1) is 0 Å². The number of carboxylic acid groups (broad SMARTS) is 1. The molecule has 5 heteroatoms. The smallest absolute Gasteiger partial charge is 0.407 e. The fourth-order valence-corrected chi connectivity index (χ4v) is 5.23. The summed E-state index contributed by atoms with van der Waals surface area (Å²) in [6.07, 6.45) is 2.79. The zero-order valence-electron chi connectivity index (χ0n) is 20.7. The van der Waals surface area contributed by atoms with Gasteiger partial charge in [0.15, 0.2) is 0 Å². The number of nitrogens with zero attached hydrogens (tertiary/aromatic N) is 3. The molecule has 184 valence electrons. The molecule has 35 heavy (non-hydrogen) atoms. The fourth-order valence-electron chi connectivity index (χ4n) is 5.23. The third-order valence-corrected chi connectivity index (χ3v) is 7.15. The van der Waals surface area contributed by atoms with Crippen LogP contribution in [0.2, 0.25) is 0 Å². The summed E-state index contributed by atoms with van der Waals surface area (Å²) < 4.78 is 0. The van der Waals surface area contributed by atoms with Crippen LogP contribution in [0.4, 0.5) is 10.5 Å². The third-order valence-electron chi connectivity index (χ3n) is 7.15. The van der Waals surface area contributed by atoms with Gasteiger partial charge in [0.2, 0.25) is 0 Å². The third kappa shape index (κ3) is 7.09. The van der Waals surface area contributed by atoms with Crippen molar-refractivity contribution in [2.75, 3.05) is 25.0 Å². The van der Waals surface area contributed by atoms with Crippen molar-refractivity contribution in [3.63, 3.8) is 0 Å². The molecule has 1 saturated heterocycles. The summed E-state index contributed by atoms with van der Waals surface area (Å²) in [4.78, 5) is 18.5. The van der Waals surface area contributed by atoms with Gasteiger partial charge in [-0.1, -0.05) is 78.9 Å². The Bertz CT molecular complexity index is 988. The Hall–Kier alpha value is -3.31. The maximum absolute atomic E-state index is 12.0. The SMILES string of the molecule is CN(c1ccccc1)C1CCN(C(=O)O)C(CCCN(Cc2ccccc2)Cc2ccccc2)C1. The topological polar surface area (TPSA) is 47.0 Å². The second kappa shape index (κ2) is 12.4. The van der Waals surface area contributed by atoms with E-state index >= 15 is 0 Å². The van der Waals surface area contributed by atoms with Gasteiger partial charge in [-0.05, 0) is 55.5 Å². The van der Waals surface area contributed by atoms with Gasteiger partial charge in [-0.15, -0.1) is 0 Å². The lowest BCUT2D eigenvalue weighted by Crippen LogP contribution is -2.51. The molecule has 0 spiro atoms. The molecule has 0 bridgehead atoms. The Morgan fingerprint density at radius 3 is 1.97 bits per heavy atom. The highest BCUT2D eigenvalue weighted by molar-refractivity contribution is 5.65. The Labute approximate surface area is 209 Å². The maximum Gasteiger partial charge on any atom is 0.407 e. The Morgan fingerprint density at radius 1 is 0.886 bits per heavy atom. The van der Waals surface area contributed by atoms with E-state index in [1.165, 1.54) is 16.8 Å². The molecule has 1 aliphatic rings. The molecule has 0 aliphatic carbocycles. The Morgan fingerprint density at radius 2 is 1.43 bits per heavy atom. The van der Waals surface area contributed by atoms with Crippen LogP contribution in [-0.4, -0.2) is 53.2 Å². The molecule has 0 aromatic heterocycles. The normalized spacial score (nSPS) is 17.9. The van der Waals surface area contributed by atoms with Crippen molar-refractivity contribution in [3.8, 4) is 0 Å². The van der Waals surface area contributed by atoms with Gasteiger partial charge in [0.05, 0.1) is 0 Å². The van der Waals surface area contributed by atoms with E-state index in [4.69, 9.17) is 0 Å². The lowest BCUT2D eigenvalue weighted by atomic mass is 9.92. The summed E-state index contributed by atoms with van der Waals surface area (Å²) in [5.74, 6) is 0. The Kier molecular flexibility index (Phi) is 8.79. The summed E-state index contributed by atoms with van der Waals surface area (Å²) in [5.41, 5.74) is 3.80. The number of hydrogen-bond donors (Lipinski definition) is 1. The molecule has 1 N–H and O–H groups in total. The van der Waals surface area contributed by atoms with Crippen LogP contribution in [0.25, 0.3) is 0 Å². The maximum atomic E-state index is 12.0. The average molecular weight is 472 g/mol. The van der Waals surface area contributed by atoms with Crippen LogP contribution in [-0.2, 0) is 13.1 Å². The lowest BCUT2D eigenvalue weighted by molar-refractivity contribution is 0.0945. The summed E-state index contributed by atoms with van der Waals surface area (Å²) >= 11 is 0. The monoisotopic (exact) mass is 471 g/mol. The zero-order valence-corrected chi connectivity index (χ0v) is 20.7. The van der Waals surface area contributed by atoms with Crippen LogP contribution in [0.3, 0.4) is 0 Å². The zero-order chi connectivity index (χ0) is 24.5. The predicted molar refractivity (Wildman–Crippen MR) is 143 cm³/mol. The molecule has 1 heterocycles. The molecular formula is C30H37N3O2. The largest absolute Gasteiger partial charge is 0.465 e. The van der Waals surface area contributed by atoms with Crippen LogP contribution in [0.1, 0.15) is 36.8 Å². The molecular weight excluding hydrogens is 434 g/mol. The highest BCUT2D eigenvalue weighted by Gasteiger charge is 2.33. The minimum atomic E-state index is -0.791. The first-order valence-electron chi connectivity index (χ1n) is 12.7. The minimum absolute atomic E-state index is 0.0488. The van der Waals surface area contributed by atoms with Crippen molar-refractivity contribution >= 4 is 11.8 Å². The molecule has 5 nitrogen and oxygen atoms in total. The van der Waals surface area contributed by atoms with Crippen LogP contribution in [0.15, 0.2) is 91.0 Å². The summed E-state index contributed by atoms with van der Waals surface area (Å²) in [6, 6.07) is 32.0. The molecule has 0 radical (unpaired) electrons. The number of benzene rings is 3. The van der Waals surface area contributed by atoms with Crippen molar-refractivity contribution in [2.45, 2.75) is 50.9 Å². The van der Waals surface area contributed by atoms with E-state index in [9.17, 15) is 9.90 Å². The molecule has 1 amide bonds. The number of hydrogen-bond acceptors (Lipinski definition) is 3. The number of para-hydroxylation sites is 1. The van der Waals surface area contributed by atoms with Gasteiger partial charge < -0.3 is 14.9 Å². The average Bonchev–Trinajstić information content (AvgIpc) is 2.89. The van der Waals surface area contributed by atoms with Gasteiger partial charge in [-0.3, -0.25) is 4.90 Å². The lowest BCUT2D eigenvalue weighted by Gasteiger charge is -2.42. The molecule has 2 unspecified atom stereocenters. The highest BCUT2D eigenvalue weighted by Crippen LogP contribution is 2.28. The molecule has 2 atom stereocenters. The molecule has 3 aromatic carbocycles. The van der Waals surface area contributed by atoms with Gasteiger partial charge in [0, 0.05) is 44.5 Å². The second-order valence-electron chi connectivity index (χ2n) is 9.58. The Balaban J connectivity index is 1.39. The number of rotatable bonds is 10. The van der Waals surface area contributed by atoms with Crippen molar-refractivity contribution in [1.29, 1.82) is 0 Å². The molecule has 1 aliphatic heterocycles. The van der Waals surface area contributed by atoms with E-state index in [0.717, 1.165) is 45.3 Å². The summed E-state index contributed by atoms with van der Waals surface area (Å²) in [6.45, 7) is 3.32. The second-order valence-corrected chi connectivity index (χ2v) is 9.58. The summed E-state index contributed by atoms with van der Waals surface area (Å²) in [5, 5.41) is 9.85. The first kappa shape index (κ1) is 24.8. The summed E-state index contributed by atoms with van der Waals surface area (Å²) in [7, 11) is 2.13. The van der Waals surface area contributed by atoms with Crippen LogP contribution < -0.4 is 4.90 Å². The molecule has 0 saturated carbocycles. The molecule has 3 aromatic rings. The first-order chi connectivity index (χ1) is 17.1. The van der Waals surface area contributed by atoms with Crippen molar-refractivity contribution < 1.29 is 9.90 Å². The van der Waals surface area contributed by atoms with Gasteiger partial charge >= 0.3 is 6.09 Å². The van der Waals surface area contributed by atoms with E-state index in [1.54, 1.807) is 4.90 Å². The van der Waals surface area contributed by atoms with E-state index < -0.39 is 6.09 Å². The standard InChI is InChI=1S/C30H37N3O2/c1-31(27-16-9-4-10-17-27)28-19-21-33(30(34)35)29(22-28)18-11-20-32(23-25-12-5-2-6-13-25)24-26-14-7-3-8-15-26/h2-10,12-17,28-29H,11,18-24H2,1H3,(H,34,35). The molecule has 1 fully saturated rings. The number of anilines is 1. The van der Waals surface area contributed by atoms with Crippen LogP contribution in [0.5, 0.6) is 0 Å². The minimum Gasteiger partial charge on any atom is -0.465 e. The predicted octanol–water partition coefficient (Wildman–Crippen LogP) is 6.12. The number of carbonyl (C=O) groups is 1. The van der Waals surface area contributed by atoms with E-state index in [0.29, 0.717) is 12.6 Å². The van der Waals surface area contributed by atoms with Crippen molar-refractivity contribution in [3.05, 3.63) is 102 Å². The quantitative estimate of drug-likeness (QED) is 0.387. The van der Waals surface area contributed by atoms with E-state index in [1.807, 2.05) is 6.07 Å². The number of piperidine rings is 1. The fraction of sp³-hybridized carbons (Fsp3) is 0.367. The van der Waals surface area contributed by atoms with E-state index in [-0.39, 0.29) is 6.04 Å². The van der Waals surface area contributed by atoms with Gasteiger partial charge in [-0.2, -0.15) is 0 Å².